The fraction of sp³-hybridized carbons (Fsp3) is 0.600. The molecule has 0 aliphatic carbocycles. The summed E-state index contributed by atoms with van der Waals surface area (Å²) in [5, 5.41) is 3.55. The highest BCUT2D eigenvalue weighted by Gasteiger charge is 2.14. The van der Waals surface area contributed by atoms with Gasteiger partial charge in [-0.25, -0.2) is 0 Å². The first kappa shape index (κ1) is 12.8. The topological polar surface area (TPSA) is 39.7 Å². The van der Waals surface area contributed by atoms with Gasteiger partial charge in [-0.1, -0.05) is 6.07 Å². The first-order chi connectivity index (χ1) is 9.42. The number of benzene rings is 1. The zero-order chi connectivity index (χ0) is 12.9. The molecule has 0 saturated carbocycles. The molecular weight excluding hydrogens is 242 g/mol. The Morgan fingerprint density at radius 2 is 2.00 bits per heavy atom. The quantitative estimate of drug-likeness (QED) is 0.898. The molecule has 104 valence electrons. The third-order valence-electron chi connectivity index (χ3n) is 3.61. The van der Waals surface area contributed by atoms with Crippen molar-refractivity contribution in [2.75, 3.05) is 33.0 Å². The van der Waals surface area contributed by atoms with Gasteiger partial charge < -0.3 is 19.5 Å². The molecule has 0 aromatic heterocycles. The lowest BCUT2D eigenvalue weighted by Gasteiger charge is -2.23. The molecule has 1 fully saturated rings. The Bertz CT molecular complexity index is 416. The lowest BCUT2D eigenvalue weighted by Crippen LogP contribution is -2.37. The third kappa shape index (κ3) is 3.39. The van der Waals surface area contributed by atoms with Gasteiger partial charge in [-0.05, 0) is 43.5 Å². The van der Waals surface area contributed by atoms with Gasteiger partial charge >= 0.3 is 0 Å². The normalized spacial score (nSPS) is 22.2. The van der Waals surface area contributed by atoms with Crippen LogP contribution in [-0.4, -0.2) is 39.0 Å². The van der Waals surface area contributed by atoms with Gasteiger partial charge in [0.25, 0.3) is 0 Å². The number of nitrogens with one attached hydrogen (secondary N) is 1. The Morgan fingerprint density at radius 1 is 1.11 bits per heavy atom. The molecule has 1 aromatic carbocycles. The number of hydrogen-bond donors (Lipinski definition) is 1. The lowest BCUT2D eigenvalue weighted by molar-refractivity contribution is 0.0707. The average molecular weight is 263 g/mol. The second kappa shape index (κ2) is 6.26. The Hall–Kier alpha value is -1.26. The van der Waals surface area contributed by atoms with Gasteiger partial charge in [0.1, 0.15) is 13.2 Å². The third-order valence-corrected chi connectivity index (χ3v) is 3.61. The van der Waals surface area contributed by atoms with E-state index in [9.17, 15) is 0 Å². The van der Waals surface area contributed by atoms with Crippen molar-refractivity contribution in [1.29, 1.82) is 0 Å². The fourth-order valence-electron chi connectivity index (χ4n) is 2.57. The van der Waals surface area contributed by atoms with Crippen LogP contribution in [0.1, 0.15) is 18.4 Å². The molecular formula is C15H21NO3. The van der Waals surface area contributed by atoms with Crippen LogP contribution in [-0.2, 0) is 11.2 Å². The molecule has 0 spiro atoms. The molecule has 2 aliphatic rings. The fourth-order valence-corrected chi connectivity index (χ4v) is 2.57. The monoisotopic (exact) mass is 263 g/mol. The minimum atomic E-state index is 0.519. The predicted octanol–water partition coefficient (Wildman–Crippen LogP) is 1.77. The van der Waals surface area contributed by atoms with Crippen LogP contribution >= 0.6 is 0 Å². The smallest absolute Gasteiger partial charge is 0.161 e. The van der Waals surface area contributed by atoms with Crippen LogP contribution in [0.4, 0.5) is 0 Å². The van der Waals surface area contributed by atoms with Crippen molar-refractivity contribution >= 4 is 0 Å². The number of hydrogen-bond acceptors (Lipinski definition) is 4. The molecule has 3 rings (SSSR count). The molecule has 0 amide bonds. The predicted molar refractivity (Wildman–Crippen MR) is 73.0 cm³/mol. The molecule has 1 aromatic rings. The summed E-state index contributed by atoms with van der Waals surface area (Å²) in [6.45, 7) is 4.04. The molecule has 2 aliphatic heterocycles. The van der Waals surface area contributed by atoms with Crippen molar-refractivity contribution < 1.29 is 14.2 Å². The summed E-state index contributed by atoms with van der Waals surface area (Å²) >= 11 is 0. The van der Waals surface area contributed by atoms with E-state index >= 15 is 0 Å². The van der Waals surface area contributed by atoms with E-state index in [4.69, 9.17) is 14.2 Å². The van der Waals surface area contributed by atoms with Crippen molar-refractivity contribution in [3.63, 3.8) is 0 Å². The Balaban J connectivity index is 1.49. The van der Waals surface area contributed by atoms with Gasteiger partial charge in [0.15, 0.2) is 11.5 Å². The number of ether oxygens (including phenoxy) is 3. The van der Waals surface area contributed by atoms with Gasteiger partial charge in [0.2, 0.25) is 0 Å². The largest absolute Gasteiger partial charge is 0.486 e. The SMILES string of the molecule is c1cc2c(cc1CCNC1CCCOC1)OCCO2. The van der Waals surface area contributed by atoms with Crippen LogP contribution in [0.25, 0.3) is 0 Å². The molecule has 19 heavy (non-hydrogen) atoms. The Morgan fingerprint density at radius 3 is 2.84 bits per heavy atom. The first-order valence-electron chi connectivity index (χ1n) is 7.11. The van der Waals surface area contributed by atoms with Crippen molar-refractivity contribution in [1.82, 2.24) is 5.32 Å². The van der Waals surface area contributed by atoms with Crippen LogP contribution in [0, 0.1) is 0 Å². The van der Waals surface area contributed by atoms with Gasteiger partial charge in [-0.3, -0.25) is 0 Å². The summed E-state index contributed by atoms with van der Waals surface area (Å²) in [5.74, 6) is 1.74. The van der Waals surface area contributed by atoms with Crippen LogP contribution in [0.3, 0.4) is 0 Å². The molecule has 4 heteroatoms. The summed E-state index contributed by atoms with van der Waals surface area (Å²) in [5.41, 5.74) is 1.29. The molecule has 1 atom stereocenters. The molecule has 2 heterocycles. The van der Waals surface area contributed by atoms with E-state index in [1.807, 2.05) is 6.07 Å². The second-order valence-corrected chi connectivity index (χ2v) is 5.10. The Labute approximate surface area is 114 Å². The molecule has 0 radical (unpaired) electrons. The number of fused-ring (bicyclic) bond motifs is 1. The van der Waals surface area contributed by atoms with Crippen LogP contribution in [0.2, 0.25) is 0 Å². The molecule has 1 saturated heterocycles. The van der Waals surface area contributed by atoms with E-state index in [0.29, 0.717) is 19.3 Å². The van der Waals surface area contributed by atoms with Gasteiger partial charge in [0.05, 0.1) is 6.61 Å². The van der Waals surface area contributed by atoms with Crippen LogP contribution < -0.4 is 14.8 Å². The van der Waals surface area contributed by atoms with Crippen molar-refractivity contribution in [3.05, 3.63) is 23.8 Å². The van der Waals surface area contributed by atoms with E-state index in [-0.39, 0.29) is 0 Å². The van der Waals surface area contributed by atoms with E-state index in [0.717, 1.165) is 37.7 Å². The summed E-state index contributed by atoms with van der Waals surface area (Å²) in [6, 6.07) is 6.74. The van der Waals surface area contributed by atoms with Gasteiger partial charge in [-0.2, -0.15) is 0 Å². The minimum Gasteiger partial charge on any atom is -0.486 e. The zero-order valence-corrected chi connectivity index (χ0v) is 11.2. The molecule has 1 N–H and O–H groups in total. The van der Waals surface area contributed by atoms with Crippen molar-refractivity contribution in [2.45, 2.75) is 25.3 Å². The van der Waals surface area contributed by atoms with E-state index in [1.165, 1.54) is 18.4 Å². The minimum absolute atomic E-state index is 0.519. The highest BCUT2D eigenvalue weighted by atomic mass is 16.6. The standard InChI is InChI=1S/C15H21NO3/c1-2-13(11-17-7-1)16-6-5-12-3-4-14-15(10-12)19-9-8-18-14/h3-4,10,13,16H,1-2,5-9,11H2. The van der Waals surface area contributed by atoms with E-state index < -0.39 is 0 Å². The lowest BCUT2D eigenvalue weighted by atomic mass is 10.1. The highest BCUT2D eigenvalue weighted by molar-refractivity contribution is 5.43. The summed E-state index contributed by atoms with van der Waals surface area (Å²) in [6.07, 6.45) is 3.40. The van der Waals surface area contributed by atoms with Gasteiger partial charge in [-0.15, -0.1) is 0 Å². The van der Waals surface area contributed by atoms with E-state index in [2.05, 4.69) is 17.4 Å². The van der Waals surface area contributed by atoms with Crippen LogP contribution in [0.15, 0.2) is 18.2 Å². The van der Waals surface area contributed by atoms with Gasteiger partial charge in [0, 0.05) is 12.6 Å². The number of rotatable bonds is 4. The Kier molecular flexibility index (Phi) is 4.20. The van der Waals surface area contributed by atoms with E-state index in [1.54, 1.807) is 0 Å². The maximum Gasteiger partial charge on any atom is 0.161 e. The maximum absolute atomic E-state index is 5.59. The molecule has 1 unspecified atom stereocenters. The van der Waals surface area contributed by atoms with Crippen molar-refractivity contribution in [3.8, 4) is 11.5 Å². The second-order valence-electron chi connectivity index (χ2n) is 5.10. The zero-order valence-electron chi connectivity index (χ0n) is 11.2. The summed E-state index contributed by atoms with van der Waals surface area (Å²) in [7, 11) is 0. The summed E-state index contributed by atoms with van der Waals surface area (Å²) in [4.78, 5) is 0. The molecule has 0 bridgehead atoms. The summed E-state index contributed by atoms with van der Waals surface area (Å²) < 4.78 is 16.6. The van der Waals surface area contributed by atoms with Crippen LogP contribution in [0.5, 0.6) is 11.5 Å². The highest BCUT2D eigenvalue weighted by Crippen LogP contribution is 2.30. The van der Waals surface area contributed by atoms with Crippen molar-refractivity contribution in [2.24, 2.45) is 0 Å². The maximum atomic E-state index is 5.59. The first-order valence-corrected chi connectivity index (χ1v) is 7.11. The average Bonchev–Trinajstić information content (AvgIpc) is 2.48. The molecule has 4 nitrogen and oxygen atoms in total.